The first-order valence-electron chi connectivity index (χ1n) is 3.97. The van der Waals surface area contributed by atoms with E-state index in [1.807, 2.05) is 0 Å². The smallest absolute Gasteiger partial charge is 0.218 e. The minimum absolute atomic E-state index is 0.0258. The Labute approximate surface area is 69.4 Å². The van der Waals surface area contributed by atoms with Gasteiger partial charge in [-0.2, -0.15) is 5.10 Å². The first-order chi connectivity index (χ1) is 5.81. The predicted octanol–water partition coefficient (Wildman–Crippen LogP) is -0.177. The van der Waals surface area contributed by atoms with Crippen LogP contribution in [-0.2, 0) is 0 Å². The van der Waals surface area contributed by atoms with Crippen LogP contribution in [0.4, 0.5) is 0 Å². The molecule has 0 saturated heterocycles. The Kier molecular flexibility index (Phi) is 1.65. The van der Waals surface area contributed by atoms with Gasteiger partial charge >= 0.3 is 0 Å². The molecule has 12 heavy (non-hydrogen) atoms. The molecule has 1 aliphatic rings. The number of aromatic nitrogens is 3. The number of carbonyl (C=O) groups excluding carboxylic acids is 1. The number of ketones is 1. The summed E-state index contributed by atoms with van der Waals surface area (Å²) in [5.41, 5.74) is 5.16. The van der Waals surface area contributed by atoms with Crippen LogP contribution in [0.1, 0.15) is 35.2 Å². The third-order valence-electron chi connectivity index (χ3n) is 1.90. The molecule has 1 heterocycles. The van der Waals surface area contributed by atoms with Crippen molar-refractivity contribution in [3.05, 3.63) is 11.6 Å². The van der Waals surface area contributed by atoms with Crippen molar-refractivity contribution in [2.75, 3.05) is 6.54 Å². The number of nitrogens with two attached hydrogens (primary N) is 1. The summed E-state index contributed by atoms with van der Waals surface area (Å²) in [5, 5.41) is 6.53. The van der Waals surface area contributed by atoms with Crippen LogP contribution in [0, 0.1) is 0 Å². The fraction of sp³-hybridized carbons (Fsp3) is 0.571. The van der Waals surface area contributed by atoms with Crippen molar-refractivity contribution in [2.24, 2.45) is 5.73 Å². The quantitative estimate of drug-likeness (QED) is 0.610. The normalized spacial score (nSPS) is 16.4. The molecular weight excluding hydrogens is 156 g/mol. The summed E-state index contributed by atoms with van der Waals surface area (Å²) in [6.45, 7) is -0.0258. The molecule has 1 aromatic rings. The van der Waals surface area contributed by atoms with Gasteiger partial charge in [-0.05, 0) is 12.8 Å². The highest BCUT2D eigenvalue weighted by Crippen LogP contribution is 2.37. The van der Waals surface area contributed by atoms with Crippen molar-refractivity contribution in [1.82, 2.24) is 15.2 Å². The summed E-state index contributed by atoms with van der Waals surface area (Å²) < 4.78 is 0. The van der Waals surface area contributed by atoms with E-state index in [4.69, 9.17) is 5.73 Å². The lowest BCUT2D eigenvalue weighted by molar-refractivity contribution is 0.0992. The zero-order valence-corrected chi connectivity index (χ0v) is 6.58. The van der Waals surface area contributed by atoms with Gasteiger partial charge in [0.05, 0.1) is 6.54 Å². The van der Waals surface area contributed by atoms with E-state index in [-0.39, 0.29) is 18.2 Å². The van der Waals surface area contributed by atoms with Gasteiger partial charge < -0.3 is 5.73 Å². The van der Waals surface area contributed by atoms with Crippen molar-refractivity contribution in [1.29, 1.82) is 0 Å². The first kappa shape index (κ1) is 7.42. The number of carbonyl (C=O) groups is 1. The SMILES string of the molecule is NCC(=O)c1n[nH]c(C2CC2)n1. The summed E-state index contributed by atoms with van der Waals surface area (Å²) in [4.78, 5) is 15.0. The summed E-state index contributed by atoms with van der Waals surface area (Å²) in [5.74, 6) is 1.33. The Balaban J connectivity index is 2.17. The van der Waals surface area contributed by atoms with Crippen LogP contribution in [0.3, 0.4) is 0 Å². The molecular formula is C7H10N4O. The molecule has 5 heteroatoms. The van der Waals surface area contributed by atoms with Crippen LogP contribution in [0.5, 0.6) is 0 Å². The van der Waals surface area contributed by atoms with Gasteiger partial charge in [0.15, 0.2) is 0 Å². The Morgan fingerprint density at radius 3 is 3.00 bits per heavy atom. The lowest BCUT2D eigenvalue weighted by atomic mass is 10.4. The summed E-state index contributed by atoms with van der Waals surface area (Å²) in [7, 11) is 0. The van der Waals surface area contributed by atoms with E-state index < -0.39 is 0 Å². The minimum atomic E-state index is -0.210. The van der Waals surface area contributed by atoms with Crippen LogP contribution in [0.2, 0.25) is 0 Å². The third kappa shape index (κ3) is 1.23. The predicted molar refractivity (Wildman–Crippen MR) is 41.7 cm³/mol. The van der Waals surface area contributed by atoms with Crippen LogP contribution in [-0.4, -0.2) is 27.5 Å². The molecule has 0 atom stereocenters. The molecule has 0 aromatic carbocycles. The molecule has 0 aliphatic heterocycles. The van der Waals surface area contributed by atoms with Gasteiger partial charge in [0, 0.05) is 5.92 Å². The second kappa shape index (κ2) is 2.67. The zero-order valence-electron chi connectivity index (χ0n) is 6.58. The van der Waals surface area contributed by atoms with E-state index in [0.29, 0.717) is 5.92 Å². The van der Waals surface area contributed by atoms with Crippen LogP contribution in [0.15, 0.2) is 0 Å². The molecule has 1 fully saturated rings. The molecule has 2 rings (SSSR count). The van der Waals surface area contributed by atoms with E-state index in [0.717, 1.165) is 18.7 Å². The van der Waals surface area contributed by atoms with E-state index in [2.05, 4.69) is 15.2 Å². The van der Waals surface area contributed by atoms with Crippen molar-refractivity contribution in [2.45, 2.75) is 18.8 Å². The summed E-state index contributed by atoms with van der Waals surface area (Å²) in [6.07, 6.45) is 2.29. The van der Waals surface area contributed by atoms with Gasteiger partial charge in [-0.25, -0.2) is 4.98 Å². The standard InChI is InChI=1S/C7H10N4O/c8-3-5(12)7-9-6(10-11-7)4-1-2-4/h4H,1-3,8H2,(H,9,10,11). The molecule has 1 saturated carbocycles. The van der Waals surface area contributed by atoms with Gasteiger partial charge in [0.2, 0.25) is 11.6 Å². The molecule has 64 valence electrons. The fourth-order valence-electron chi connectivity index (χ4n) is 1.03. The van der Waals surface area contributed by atoms with E-state index in [1.165, 1.54) is 0 Å². The molecule has 1 aromatic heterocycles. The zero-order chi connectivity index (χ0) is 8.55. The Hall–Kier alpha value is -1.23. The maximum absolute atomic E-state index is 11.0. The van der Waals surface area contributed by atoms with E-state index >= 15 is 0 Å². The second-order valence-corrected chi connectivity index (χ2v) is 2.95. The van der Waals surface area contributed by atoms with Crippen molar-refractivity contribution < 1.29 is 4.79 Å². The average Bonchev–Trinajstić information content (AvgIpc) is 2.83. The highest BCUT2D eigenvalue weighted by atomic mass is 16.1. The van der Waals surface area contributed by atoms with Gasteiger partial charge in [-0.3, -0.25) is 9.89 Å². The highest BCUT2D eigenvalue weighted by molar-refractivity contribution is 5.93. The highest BCUT2D eigenvalue weighted by Gasteiger charge is 2.27. The molecule has 0 radical (unpaired) electrons. The van der Waals surface area contributed by atoms with Crippen LogP contribution < -0.4 is 5.73 Å². The van der Waals surface area contributed by atoms with Gasteiger partial charge in [-0.15, -0.1) is 0 Å². The Morgan fingerprint density at radius 1 is 1.67 bits per heavy atom. The Morgan fingerprint density at radius 2 is 2.42 bits per heavy atom. The summed E-state index contributed by atoms with van der Waals surface area (Å²) in [6, 6.07) is 0. The number of hydrogen-bond donors (Lipinski definition) is 2. The largest absolute Gasteiger partial charge is 0.324 e. The van der Waals surface area contributed by atoms with Crippen molar-refractivity contribution in [3.8, 4) is 0 Å². The molecule has 0 amide bonds. The topological polar surface area (TPSA) is 84.7 Å². The van der Waals surface area contributed by atoms with Crippen molar-refractivity contribution >= 4 is 5.78 Å². The van der Waals surface area contributed by atoms with E-state index in [1.54, 1.807) is 0 Å². The van der Waals surface area contributed by atoms with Gasteiger partial charge in [-0.1, -0.05) is 0 Å². The lowest BCUT2D eigenvalue weighted by Gasteiger charge is -1.86. The third-order valence-corrected chi connectivity index (χ3v) is 1.90. The van der Waals surface area contributed by atoms with Gasteiger partial charge in [0.25, 0.3) is 0 Å². The second-order valence-electron chi connectivity index (χ2n) is 2.95. The van der Waals surface area contributed by atoms with Crippen LogP contribution in [0.25, 0.3) is 0 Å². The number of rotatable bonds is 3. The number of Topliss-reactive ketones (excluding diaryl/α,β-unsaturated/α-hetero) is 1. The Bertz CT molecular complexity index is 302. The van der Waals surface area contributed by atoms with Crippen LogP contribution >= 0.6 is 0 Å². The number of nitrogens with one attached hydrogen (secondary N) is 1. The molecule has 3 N–H and O–H groups in total. The number of aromatic amines is 1. The molecule has 5 nitrogen and oxygen atoms in total. The average molecular weight is 166 g/mol. The minimum Gasteiger partial charge on any atom is -0.324 e. The monoisotopic (exact) mass is 166 g/mol. The maximum atomic E-state index is 11.0. The fourth-order valence-corrected chi connectivity index (χ4v) is 1.03. The lowest BCUT2D eigenvalue weighted by Crippen LogP contribution is -2.15. The van der Waals surface area contributed by atoms with Gasteiger partial charge in [0.1, 0.15) is 5.82 Å². The molecule has 0 unspecified atom stereocenters. The number of H-pyrrole nitrogens is 1. The van der Waals surface area contributed by atoms with E-state index in [9.17, 15) is 4.79 Å². The molecule has 1 aliphatic carbocycles. The number of nitrogens with zero attached hydrogens (tertiary/aromatic N) is 2. The molecule has 0 spiro atoms. The molecule has 0 bridgehead atoms. The first-order valence-corrected chi connectivity index (χ1v) is 3.97. The number of hydrogen-bond acceptors (Lipinski definition) is 4. The van der Waals surface area contributed by atoms with Crippen molar-refractivity contribution in [3.63, 3.8) is 0 Å². The maximum Gasteiger partial charge on any atom is 0.218 e. The summed E-state index contributed by atoms with van der Waals surface area (Å²) >= 11 is 0.